The molecule has 3 nitrogen and oxygen atoms in total. The molecule has 0 bridgehead atoms. The second kappa shape index (κ2) is 6.23. The molecule has 1 aromatic carbocycles. The number of benzene rings is 1. The van der Waals surface area contributed by atoms with Crippen molar-refractivity contribution in [1.29, 1.82) is 0 Å². The first-order valence-electron chi connectivity index (χ1n) is 7.69. The molecule has 0 aliphatic heterocycles. The van der Waals surface area contributed by atoms with Gasteiger partial charge in [-0.05, 0) is 36.5 Å². The highest BCUT2D eigenvalue weighted by atomic mass is 35.5. The summed E-state index contributed by atoms with van der Waals surface area (Å²) in [7, 11) is 1.91. The predicted molar refractivity (Wildman–Crippen MR) is 89.2 cm³/mol. The van der Waals surface area contributed by atoms with Crippen molar-refractivity contribution in [3.8, 4) is 0 Å². The molecule has 3 rings (SSSR count). The summed E-state index contributed by atoms with van der Waals surface area (Å²) in [5.74, 6) is 0.803. The van der Waals surface area contributed by atoms with E-state index in [1.807, 2.05) is 23.9 Å². The summed E-state index contributed by atoms with van der Waals surface area (Å²) in [6.45, 7) is 0. The van der Waals surface area contributed by atoms with Crippen LogP contribution in [0.1, 0.15) is 43.5 Å². The van der Waals surface area contributed by atoms with Gasteiger partial charge >= 0.3 is 0 Å². The number of rotatable bonds is 3. The molecule has 1 unspecified atom stereocenters. The molecule has 1 fully saturated rings. The Kier molecular flexibility index (Phi) is 4.49. The minimum Gasteiger partial charge on any atom is -0.377 e. The van der Waals surface area contributed by atoms with Crippen molar-refractivity contribution in [3.63, 3.8) is 0 Å². The fourth-order valence-electron chi connectivity index (χ4n) is 3.53. The maximum Gasteiger partial charge on any atom is 0.150 e. The Hall–Kier alpha value is -1.03. The van der Waals surface area contributed by atoms with E-state index >= 15 is 0 Å². The zero-order chi connectivity index (χ0) is 15.7. The van der Waals surface area contributed by atoms with Crippen LogP contribution in [-0.4, -0.2) is 14.7 Å². The van der Waals surface area contributed by atoms with Gasteiger partial charge in [0.1, 0.15) is 11.4 Å². The lowest BCUT2D eigenvalue weighted by molar-refractivity contribution is -0.0105. The van der Waals surface area contributed by atoms with Gasteiger partial charge in [-0.25, -0.2) is 4.98 Å². The van der Waals surface area contributed by atoms with Crippen LogP contribution in [0.4, 0.5) is 0 Å². The van der Waals surface area contributed by atoms with E-state index in [9.17, 15) is 5.11 Å². The highest BCUT2D eigenvalue weighted by Gasteiger charge is 2.43. The SMILES string of the molecule is Cn1ccnc1C(O)(c1ccc(Cl)c(Cl)c1)C1CCCCC1. The molecule has 1 heterocycles. The molecule has 0 radical (unpaired) electrons. The topological polar surface area (TPSA) is 38.0 Å². The molecule has 1 N–H and O–H groups in total. The quantitative estimate of drug-likeness (QED) is 0.891. The monoisotopic (exact) mass is 338 g/mol. The summed E-state index contributed by atoms with van der Waals surface area (Å²) in [6.07, 6.45) is 9.07. The van der Waals surface area contributed by atoms with E-state index < -0.39 is 5.60 Å². The van der Waals surface area contributed by atoms with Gasteiger partial charge in [-0.3, -0.25) is 0 Å². The molecule has 118 valence electrons. The Labute approximate surface area is 140 Å². The summed E-state index contributed by atoms with van der Waals surface area (Å²) in [5, 5.41) is 12.6. The van der Waals surface area contributed by atoms with Crippen LogP contribution in [0.3, 0.4) is 0 Å². The van der Waals surface area contributed by atoms with Crippen LogP contribution in [0.5, 0.6) is 0 Å². The van der Waals surface area contributed by atoms with Crippen LogP contribution in [0, 0.1) is 5.92 Å². The maximum atomic E-state index is 11.7. The van der Waals surface area contributed by atoms with Gasteiger partial charge in [-0.1, -0.05) is 48.5 Å². The minimum atomic E-state index is -1.13. The van der Waals surface area contributed by atoms with Crippen molar-refractivity contribution in [2.24, 2.45) is 13.0 Å². The van der Waals surface area contributed by atoms with Crippen molar-refractivity contribution in [3.05, 3.63) is 52.0 Å². The van der Waals surface area contributed by atoms with Crippen molar-refractivity contribution in [2.45, 2.75) is 37.7 Å². The molecule has 5 heteroatoms. The van der Waals surface area contributed by atoms with E-state index in [1.165, 1.54) is 6.42 Å². The number of halogens is 2. The van der Waals surface area contributed by atoms with Gasteiger partial charge in [-0.2, -0.15) is 0 Å². The number of nitrogens with zero attached hydrogens (tertiary/aromatic N) is 2. The van der Waals surface area contributed by atoms with E-state index in [4.69, 9.17) is 23.2 Å². The first kappa shape index (κ1) is 15.9. The fraction of sp³-hybridized carbons (Fsp3) is 0.471. The van der Waals surface area contributed by atoms with Gasteiger partial charge in [0.15, 0.2) is 0 Å². The van der Waals surface area contributed by atoms with Gasteiger partial charge < -0.3 is 9.67 Å². The van der Waals surface area contributed by atoms with Gasteiger partial charge in [-0.15, -0.1) is 0 Å². The molecule has 0 spiro atoms. The summed E-state index contributed by atoms with van der Waals surface area (Å²) < 4.78 is 1.89. The van der Waals surface area contributed by atoms with E-state index in [0.29, 0.717) is 15.9 Å². The van der Waals surface area contributed by atoms with Crippen molar-refractivity contribution in [2.75, 3.05) is 0 Å². The second-order valence-corrected chi connectivity index (χ2v) is 6.91. The summed E-state index contributed by atoms with van der Waals surface area (Å²) >= 11 is 12.2. The zero-order valence-electron chi connectivity index (χ0n) is 12.6. The Morgan fingerprint density at radius 3 is 2.50 bits per heavy atom. The van der Waals surface area contributed by atoms with Crippen LogP contribution in [0.15, 0.2) is 30.6 Å². The van der Waals surface area contributed by atoms with E-state index in [1.54, 1.807) is 18.3 Å². The molecule has 1 aliphatic carbocycles. The van der Waals surface area contributed by atoms with Crippen LogP contribution >= 0.6 is 23.2 Å². The van der Waals surface area contributed by atoms with E-state index in [0.717, 1.165) is 31.2 Å². The molecular weight excluding hydrogens is 319 g/mol. The Bertz CT molecular complexity index is 664. The maximum absolute atomic E-state index is 11.7. The first-order valence-corrected chi connectivity index (χ1v) is 8.44. The average molecular weight is 339 g/mol. The highest BCUT2D eigenvalue weighted by Crippen LogP contribution is 2.44. The summed E-state index contributed by atoms with van der Waals surface area (Å²) in [6, 6.07) is 5.38. The lowest BCUT2D eigenvalue weighted by atomic mass is 9.73. The number of hydrogen-bond acceptors (Lipinski definition) is 2. The number of imidazole rings is 1. The molecule has 0 saturated heterocycles. The normalized spacial score (nSPS) is 19.1. The van der Waals surface area contributed by atoms with Crippen LogP contribution < -0.4 is 0 Å². The molecule has 0 amide bonds. The third-order valence-corrected chi connectivity index (χ3v) is 5.46. The van der Waals surface area contributed by atoms with Gasteiger partial charge in [0, 0.05) is 19.4 Å². The fourth-order valence-corrected chi connectivity index (χ4v) is 3.83. The third kappa shape index (κ3) is 2.66. The van der Waals surface area contributed by atoms with Gasteiger partial charge in [0.2, 0.25) is 0 Å². The van der Waals surface area contributed by atoms with Crippen LogP contribution in [0.2, 0.25) is 10.0 Å². The molecule has 1 saturated carbocycles. The number of aliphatic hydroxyl groups is 1. The van der Waals surface area contributed by atoms with Crippen LogP contribution in [0.25, 0.3) is 0 Å². The smallest absolute Gasteiger partial charge is 0.150 e. The van der Waals surface area contributed by atoms with Crippen molar-refractivity contribution < 1.29 is 5.11 Å². The van der Waals surface area contributed by atoms with Gasteiger partial charge in [0.05, 0.1) is 10.0 Å². The van der Waals surface area contributed by atoms with Crippen LogP contribution in [-0.2, 0) is 12.6 Å². The Morgan fingerprint density at radius 1 is 1.18 bits per heavy atom. The van der Waals surface area contributed by atoms with E-state index in [-0.39, 0.29) is 5.92 Å². The van der Waals surface area contributed by atoms with E-state index in [2.05, 4.69) is 4.98 Å². The lowest BCUT2D eigenvalue weighted by Gasteiger charge is -2.38. The molecule has 1 aliphatic rings. The molecule has 22 heavy (non-hydrogen) atoms. The number of hydrogen-bond donors (Lipinski definition) is 1. The molecule has 1 aromatic heterocycles. The number of aromatic nitrogens is 2. The standard InChI is InChI=1S/C17H20Cl2N2O/c1-21-10-9-20-16(21)17(22,12-5-3-2-4-6-12)13-7-8-14(18)15(19)11-13/h7-12,22H,2-6H2,1H3. The summed E-state index contributed by atoms with van der Waals surface area (Å²) in [4.78, 5) is 4.43. The first-order chi connectivity index (χ1) is 10.5. The lowest BCUT2D eigenvalue weighted by Crippen LogP contribution is -2.40. The van der Waals surface area contributed by atoms with Gasteiger partial charge in [0.25, 0.3) is 0 Å². The third-order valence-electron chi connectivity index (χ3n) is 4.72. The second-order valence-electron chi connectivity index (χ2n) is 6.09. The largest absolute Gasteiger partial charge is 0.377 e. The molecule has 2 aromatic rings. The predicted octanol–water partition coefficient (Wildman–Crippen LogP) is 4.54. The summed E-state index contributed by atoms with van der Waals surface area (Å²) in [5.41, 5.74) is -0.365. The average Bonchev–Trinajstić information content (AvgIpc) is 2.97. The number of aryl methyl sites for hydroxylation is 1. The minimum absolute atomic E-state index is 0.139. The molecular formula is C17H20Cl2N2O. The Morgan fingerprint density at radius 2 is 1.91 bits per heavy atom. The highest BCUT2D eigenvalue weighted by molar-refractivity contribution is 6.42. The zero-order valence-corrected chi connectivity index (χ0v) is 14.1. The van der Waals surface area contributed by atoms with Crippen molar-refractivity contribution in [1.82, 2.24) is 9.55 Å². The Balaban J connectivity index is 2.13. The molecule has 1 atom stereocenters. The van der Waals surface area contributed by atoms with Crippen molar-refractivity contribution >= 4 is 23.2 Å².